The molecule has 2 saturated carbocycles. The van der Waals surface area contributed by atoms with Gasteiger partial charge in [0.25, 0.3) is 0 Å². The average Bonchev–Trinajstić information content (AvgIpc) is 3.50. The van der Waals surface area contributed by atoms with Gasteiger partial charge in [-0.1, -0.05) is 67.2 Å². The molecule has 0 radical (unpaired) electrons. The van der Waals surface area contributed by atoms with Crippen LogP contribution in [0.4, 0.5) is 5.69 Å². The van der Waals surface area contributed by atoms with Gasteiger partial charge in [0.2, 0.25) is 0 Å². The lowest BCUT2D eigenvalue weighted by atomic mass is 9.84. The molecule has 198 valence electrons. The number of rotatable bonds is 3. The van der Waals surface area contributed by atoms with Gasteiger partial charge in [0.1, 0.15) is 4.88 Å². The standard InChI is InChI=1S/C15H21NO5S.C8H16.2C2H6/c1-10-9-12(13(22-10)14(17)19-2)16(18)11-3-5-15(6-4-11)20-7-8-21-15;1-7-3-5-8(2)6-4-7;2*1-2/h9,11,18H,3-8H2,1-2H3;7-8H,3-6H2,1-2H3;2*1-2H3. The number of hydroxylamine groups is 1. The number of carbonyl (C=O) groups excluding carboxylic acids is 1. The van der Waals surface area contributed by atoms with Crippen molar-refractivity contribution in [3.8, 4) is 0 Å². The van der Waals surface area contributed by atoms with Crippen LogP contribution in [-0.2, 0) is 14.2 Å². The molecule has 34 heavy (non-hydrogen) atoms. The number of carbonyl (C=O) groups is 1. The highest BCUT2D eigenvalue weighted by atomic mass is 32.1. The summed E-state index contributed by atoms with van der Waals surface area (Å²) < 4.78 is 16.2. The summed E-state index contributed by atoms with van der Waals surface area (Å²) in [6.07, 6.45) is 8.92. The summed E-state index contributed by atoms with van der Waals surface area (Å²) in [5, 5.41) is 11.8. The predicted molar refractivity (Wildman–Crippen MR) is 141 cm³/mol. The van der Waals surface area contributed by atoms with Crippen LogP contribution in [0, 0.1) is 18.8 Å². The van der Waals surface area contributed by atoms with Crippen molar-refractivity contribution in [1.82, 2.24) is 0 Å². The molecule has 2 heterocycles. The largest absolute Gasteiger partial charge is 0.465 e. The molecule has 7 heteroatoms. The zero-order valence-electron chi connectivity index (χ0n) is 22.8. The molecule has 0 amide bonds. The van der Waals surface area contributed by atoms with Crippen LogP contribution in [0.5, 0.6) is 0 Å². The summed E-state index contributed by atoms with van der Waals surface area (Å²) in [6, 6.07) is 1.78. The Morgan fingerprint density at radius 3 is 1.91 bits per heavy atom. The smallest absolute Gasteiger partial charge is 0.350 e. The van der Waals surface area contributed by atoms with E-state index in [-0.39, 0.29) is 6.04 Å². The van der Waals surface area contributed by atoms with E-state index in [9.17, 15) is 10.0 Å². The van der Waals surface area contributed by atoms with Crippen molar-refractivity contribution in [3.05, 3.63) is 15.8 Å². The monoisotopic (exact) mass is 499 g/mol. The first-order valence-electron chi connectivity index (χ1n) is 13.3. The third kappa shape index (κ3) is 8.81. The van der Waals surface area contributed by atoms with E-state index in [0.29, 0.717) is 23.8 Å². The summed E-state index contributed by atoms with van der Waals surface area (Å²) in [5.74, 6) is 1.17. The summed E-state index contributed by atoms with van der Waals surface area (Å²) in [6.45, 7) is 15.9. The van der Waals surface area contributed by atoms with Crippen molar-refractivity contribution in [3.63, 3.8) is 0 Å². The highest BCUT2D eigenvalue weighted by molar-refractivity contribution is 7.14. The van der Waals surface area contributed by atoms with Gasteiger partial charge in [-0.05, 0) is 37.7 Å². The molecule has 0 aromatic carbocycles. The van der Waals surface area contributed by atoms with Gasteiger partial charge in [-0.2, -0.15) is 0 Å². The van der Waals surface area contributed by atoms with Crippen LogP contribution in [0.1, 0.15) is 107 Å². The zero-order chi connectivity index (χ0) is 25.7. The van der Waals surface area contributed by atoms with Crippen LogP contribution < -0.4 is 5.06 Å². The van der Waals surface area contributed by atoms with E-state index in [1.165, 1.54) is 49.2 Å². The number of hydrogen-bond donors (Lipinski definition) is 1. The lowest BCUT2D eigenvalue weighted by Crippen LogP contribution is -2.43. The van der Waals surface area contributed by atoms with Crippen LogP contribution >= 0.6 is 11.3 Å². The fourth-order valence-corrected chi connectivity index (χ4v) is 5.52. The lowest BCUT2D eigenvalue weighted by Gasteiger charge is -2.38. The number of anilines is 1. The number of esters is 1. The first-order valence-corrected chi connectivity index (χ1v) is 14.1. The predicted octanol–water partition coefficient (Wildman–Crippen LogP) is 7.61. The second-order valence-electron chi connectivity index (χ2n) is 9.11. The maximum absolute atomic E-state index is 11.8. The van der Waals surface area contributed by atoms with Gasteiger partial charge in [0, 0.05) is 17.7 Å². The van der Waals surface area contributed by atoms with Crippen molar-refractivity contribution in [2.75, 3.05) is 25.4 Å². The Balaban J connectivity index is 0.000000403. The maximum atomic E-state index is 11.8. The number of methoxy groups -OCH3 is 1. The molecule has 0 atom stereocenters. The molecule has 6 nitrogen and oxygen atoms in total. The van der Waals surface area contributed by atoms with Crippen LogP contribution in [0.15, 0.2) is 6.07 Å². The lowest BCUT2D eigenvalue weighted by molar-refractivity contribution is -0.180. The Kier molecular flexibility index (Phi) is 14.3. The Morgan fingerprint density at radius 2 is 1.47 bits per heavy atom. The number of ether oxygens (including phenoxy) is 3. The molecule has 0 unspecified atom stereocenters. The van der Waals surface area contributed by atoms with E-state index in [0.717, 1.165) is 42.4 Å². The summed E-state index contributed by atoms with van der Waals surface area (Å²) >= 11 is 1.33. The van der Waals surface area contributed by atoms with Crippen LogP contribution in [0.2, 0.25) is 0 Å². The highest BCUT2D eigenvalue weighted by Gasteiger charge is 2.42. The van der Waals surface area contributed by atoms with E-state index < -0.39 is 11.8 Å². The van der Waals surface area contributed by atoms with E-state index in [2.05, 4.69) is 13.8 Å². The molecule has 3 aliphatic rings. The summed E-state index contributed by atoms with van der Waals surface area (Å²) in [5.41, 5.74) is 0.531. The van der Waals surface area contributed by atoms with E-state index >= 15 is 0 Å². The van der Waals surface area contributed by atoms with Gasteiger partial charge < -0.3 is 14.2 Å². The molecule has 1 saturated heterocycles. The van der Waals surface area contributed by atoms with Crippen molar-refractivity contribution in [2.24, 2.45) is 11.8 Å². The molecule has 2 aliphatic carbocycles. The molecule has 1 aliphatic heterocycles. The van der Waals surface area contributed by atoms with E-state index in [4.69, 9.17) is 14.2 Å². The fraction of sp³-hybridized carbons (Fsp3) is 0.815. The second kappa shape index (κ2) is 15.8. The molecule has 3 fully saturated rings. The minimum Gasteiger partial charge on any atom is -0.465 e. The van der Waals surface area contributed by atoms with Gasteiger partial charge in [0.05, 0.1) is 32.1 Å². The first-order chi connectivity index (χ1) is 16.3. The Bertz CT molecular complexity index is 673. The van der Waals surface area contributed by atoms with Gasteiger partial charge in [-0.3, -0.25) is 10.3 Å². The van der Waals surface area contributed by atoms with Crippen LogP contribution in [-0.4, -0.2) is 43.3 Å². The molecule has 0 bridgehead atoms. The van der Waals surface area contributed by atoms with Gasteiger partial charge >= 0.3 is 5.97 Å². The quantitative estimate of drug-likeness (QED) is 0.341. The second-order valence-corrected chi connectivity index (χ2v) is 10.4. The molecule has 1 aromatic rings. The SMILES string of the molecule is CC.CC.CC1CCC(C)CC1.COC(=O)c1sc(C)cc1N(O)C1CCC2(CC1)OCCO2. The van der Waals surface area contributed by atoms with Gasteiger partial charge in [-0.15, -0.1) is 11.3 Å². The topological polar surface area (TPSA) is 68.2 Å². The van der Waals surface area contributed by atoms with Crippen molar-refractivity contribution < 1.29 is 24.2 Å². The molecule has 1 aromatic heterocycles. The van der Waals surface area contributed by atoms with Gasteiger partial charge in [-0.25, -0.2) is 4.79 Å². The number of hydrogen-bond acceptors (Lipinski definition) is 7. The van der Waals surface area contributed by atoms with Crippen LogP contribution in [0.3, 0.4) is 0 Å². The van der Waals surface area contributed by atoms with Crippen molar-refractivity contribution >= 4 is 23.0 Å². The summed E-state index contributed by atoms with van der Waals surface area (Å²) in [7, 11) is 1.35. The minimum atomic E-state index is -0.451. The molecular weight excluding hydrogens is 450 g/mol. The molecular formula is C27H49NO5S. The first kappa shape index (κ1) is 30.9. The maximum Gasteiger partial charge on any atom is 0.350 e. The van der Waals surface area contributed by atoms with E-state index in [1.54, 1.807) is 0 Å². The fourth-order valence-electron chi connectivity index (χ4n) is 4.61. The summed E-state index contributed by atoms with van der Waals surface area (Å²) in [4.78, 5) is 13.3. The van der Waals surface area contributed by atoms with Gasteiger partial charge in [0.15, 0.2) is 5.79 Å². The highest BCUT2D eigenvalue weighted by Crippen LogP contribution is 2.39. The van der Waals surface area contributed by atoms with Crippen LogP contribution in [0.25, 0.3) is 0 Å². The normalized spacial score (nSPS) is 23.4. The third-order valence-corrected chi connectivity index (χ3v) is 7.65. The number of thiophene rings is 1. The number of aryl methyl sites for hydroxylation is 1. The minimum absolute atomic E-state index is 0.0455. The number of nitrogens with zero attached hydrogens (tertiary/aromatic N) is 1. The Labute approximate surface area is 211 Å². The van der Waals surface area contributed by atoms with E-state index in [1.807, 2.05) is 40.7 Å². The zero-order valence-corrected chi connectivity index (χ0v) is 23.6. The van der Waals surface area contributed by atoms with Crippen molar-refractivity contribution in [2.45, 2.75) is 112 Å². The molecule has 4 rings (SSSR count). The molecule has 1 spiro atoms. The average molecular weight is 500 g/mol. The molecule has 1 N–H and O–H groups in total. The Hall–Kier alpha value is -1.15. The Morgan fingerprint density at radius 1 is 1.00 bits per heavy atom. The van der Waals surface area contributed by atoms with Crippen molar-refractivity contribution in [1.29, 1.82) is 0 Å². The third-order valence-electron chi connectivity index (χ3n) is 6.63.